The van der Waals surface area contributed by atoms with Gasteiger partial charge in [0.15, 0.2) is 0 Å². The highest BCUT2D eigenvalue weighted by molar-refractivity contribution is 6.04. The first-order chi connectivity index (χ1) is 15.6. The summed E-state index contributed by atoms with van der Waals surface area (Å²) >= 11 is 0. The van der Waals surface area contributed by atoms with Gasteiger partial charge in [0.2, 0.25) is 5.91 Å². The predicted octanol–water partition coefficient (Wildman–Crippen LogP) is 4.90. The van der Waals surface area contributed by atoms with Crippen LogP contribution in [0.15, 0.2) is 49.1 Å². The van der Waals surface area contributed by atoms with Gasteiger partial charge in [-0.3, -0.25) is 9.48 Å². The van der Waals surface area contributed by atoms with E-state index < -0.39 is 47.7 Å². The number of halogens is 5. The summed E-state index contributed by atoms with van der Waals surface area (Å²) in [6.45, 7) is 0. The third-order valence-electron chi connectivity index (χ3n) is 5.76. The first-order valence-corrected chi connectivity index (χ1v) is 9.93. The molecule has 1 fully saturated rings. The van der Waals surface area contributed by atoms with Crippen LogP contribution in [-0.2, 0) is 11.8 Å². The zero-order valence-corrected chi connectivity index (χ0v) is 17.1. The van der Waals surface area contributed by atoms with Gasteiger partial charge in [-0.15, -0.1) is 0 Å². The highest BCUT2D eigenvalue weighted by atomic mass is 19.4. The number of alkyl halides is 3. The summed E-state index contributed by atoms with van der Waals surface area (Å²) < 4.78 is 71.4. The van der Waals surface area contributed by atoms with Crippen molar-refractivity contribution in [2.45, 2.75) is 18.6 Å². The average Bonchev–Trinajstić information content (AvgIpc) is 3.38. The maximum Gasteiger partial charge on any atom is 0.389 e. The van der Waals surface area contributed by atoms with Crippen LogP contribution >= 0.6 is 0 Å². The minimum atomic E-state index is -4.68. The lowest BCUT2D eigenvalue weighted by Crippen LogP contribution is -2.57. The second-order valence-electron chi connectivity index (χ2n) is 7.94. The molecule has 0 spiro atoms. The summed E-state index contributed by atoms with van der Waals surface area (Å²) in [5, 5.41) is 3.96. The van der Waals surface area contributed by atoms with E-state index >= 15 is 8.78 Å². The largest absolute Gasteiger partial charge is 0.389 e. The molecule has 1 aliphatic rings. The van der Waals surface area contributed by atoms with Crippen molar-refractivity contribution >= 4 is 22.6 Å². The fraction of sp³-hybridized carbons (Fsp3) is 0.227. The Morgan fingerprint density at radius 3 is 2.45 bits per heavy atom. The van der Waals surface area contributed by atoms with Crippen LogP contribution in [0.3, 0.4) is 0 Å². The fourth-order valence-electron chi connectivity index (χ4n) is 4.29. The summed E-state index contributed by atoms with van der Waals surface area (Å²) in [4.78, 5) is 20.7. The Labute approximate surface area is 183 Å². The van der Waals surface area contributed by atoms with Crippen LogP contribution in [0.4, 0.5) is 27.6 Å². The molecule has 1 N–H and O–H groups in total. The Balaban J connectivity index is 1.60. The van der Waals surface area contributed by atoms with Gasteiger partial charge in [-0.1, -0.05) is 0 Å². The van der Waals surface area contributed by atoms with Crippen molar-refractivity contribution in [3.63, 3.8) is 0 Å². The molecule has 0 aliphatic carbocycles. The number of hydrogen-bond donors (Lipinski definition) is 1. The van der Waals surface area contributed by atoms with E-state index in [4.69, 9.17) is 0 Å². The van der Waals surface area contributed by atoms with Gasteiger partial charge >= 0.3 is 6.18 Å². The van der Waals surface area contributed by atoms with Crippen molar-refractivity contribution in [2.24, 2.45) is 13.0 Å². The van der Waals surface area contributed by atoms with E-state index in [2.05, 4.69) is 15.1 Å². The summed E-state index contributed by atoms with van der Waals surface area (Å²) in [5.41, 5.74) is 1.36. The Kier molecular flexibility index (Phi) is 4.73. The van der Waals surface area contributed by atoms with Gasteiger partial charge in [0, 0.05) is 30.1 Å². The minimum absolute atomic E-state index is 0.185. The van der Waals surface area contributed by atoms with Crippen LogP contribution in [0.2, 0.25) is 0 Å². The molecule has 170 valence electrons. The molecule has 6 nitrogen and oxygen atoms in total. The van der Waals surface area contributed by atoms with Gasteiger partial charge in [0.25, 0.3) is 0 Å². The molecular formula is C22H16F5N5O. The van der Waals surface area contributed by atoms with E-state index in [1.165, 1.54) is 29.3 Å². The molecule has 4 aromatic rings. The van der Waals surface area contributed by atoms with Gasteiger partial charge in [-0.25, -0.2) is 13.8 Å². The van der Waals surface area contributed by atoms with E-state index in [1.807, 2.05) is 0 Å². The first kappa shape index (κ1) is 21.1. The van der Waals surface area contributed by atoms with Crippen LogP contribution < -0.4 is 4.90 Å². The number of carbonyl (C=O) groups is 1. The molecular weight excluding hydrogens is 445 g/mol. The molecule has 0 bridgehead atoms. The number of fused-ring (bicyclic) bond motifs is 1. The lowest BCUT2D eigenvalue weighted by atomic mass is 9.78. The number of H-pyrrole nitrogens is 1. The average molecular weight is 461 g/mol. The Morgan fingerprint density at radius 2 is 1.82 bits per heavy atom. The number of imidazole rings is 1. The number of nitrogens with zero attached hydrogens (tertiary/aromatic N) is 4. The number of anilines is 1. The maximum absolute atomic E-state index is 15.2. The number of aryl methyl sites for hydroxylation is 1. The third-order valence-corrected chi connectivity index (χ3v) is 5.76. The van der Waals surface area contributed by atoms with Crippen molar-refractivity contribution in [2.75, 3.05) is 4.90 Å². The quantitative estimate of drug-likeness (QED) is 0.347. The number of aromatic amines is 1. The van der Waals surface area contributed by atoms with Crippen LogP contribution in [0.1, 0.15) is 18.0 Å². The molecule has 1 aliphatic heterocycles. The number of aromatic nitrogens is 4. The predicted molar refractivity (Wildman–Crippen MR) is 109 cm³/mol. The van der Waals surface area contributed by atoms with E-state index in [9.17, 15) is 18.0 Å². The molecule has 3 heterocycles. The molecule has 2 unspecified atom stereocenters. The summed E-state index contributed by atoms with van der Waals surface area (Å²) in [5.74, 6) is -4.58. The topological polar surface area (TPSA) is 66.8 Å². The molecule has 1 amide bonds. The molecule has 33 heavy (non-hydrogen) atoms. The summed E-state index contributed by atoms with van der Waals surface area (Å²) in [7, 11) is 1.64. The van der Waals surface area contributed by atoms with Crippen LogP contribution in [-0.4, -0.2) is 31.8 Å². The lowest BCUT2D eigenvalue weighted by molar-refractivity contribution is -0.162. The number of hydrogen-bond acceptors (Lipinski definition) is 3. The number of β-lactam (4-membered cyclic amide) rings is 1. The zero-order chi connectivity index (χ0) is 23.5. The number of nitrogens with one attached hydrogen (secondary N) is 1. The van der Waals surface area contributed by atoms with E-state index in [0.717, 1.165) is 17.0 Å². The standard InChI is InChI=1S/C22H16F5N5O/c1-31-9-12(8-30-31)11-4-15(23)19(16(24)5-11)20-14(7-22(25,26)27)21(33)32(20)13-2-3-17-18(6-13)29-10-28-17/h2-6,8-10,14,20H,7H2,1H3,(H,28,29). The van der Waals surface area contributed by atoms with Crippen molar-refractivity contribution in [3.05, 3.63) is 66.3 Å². The minimum Gasteiger partial charge on any atom is -0.345 e. The molecule has 2 aromatic heterocycles. The van der Waals surface area contributed by atoms with Crippen LogP contribution in [0.25, 0.3) is 22.2 Å². The molecule has 1 saturated heterocycles. The summed E-state index contributed by atoms with van der Waals surface area (Å²) in [6.07, 6.45) is -1.77. The number of carbonyl (C=O) groups excluding carboxylic acids is 1. The lowest BCUT2D eigenvalue weighted by Gasteiger charge is -2.47. The van der Waals surface area contributed by atoms with Crippen molar-refractivity contribution in [1.82, 2.24) is 19.7 Å². The van der Waals surface area contributed by atoms with E-state index in [-0.39, 0.29) is 11.3 Å². The van der Waals surface area contributed by atoms with Crippen LogP contribution in [0, 0.1) is 17.6 Å². The van der Waals surface area contributed by atoms with Crippen molar-refractivity contribution in [1.29, 1.82) is 0 Å². The van der Waals surface area contributed by atoms with Gasteiger partial charge in [0.05, 0.1) is 41.9 Å². The number of rotatable bonds is 4. The Morgan fingerprint density at radius 1 is 1.09 bits per heavy atom. The van der Waals surface area contributed by atoms with Crippen molar-refractivity contribution in [3.8, 4) is 11.1 Å². The number of benzene rings is 2. The van der Waals surface area contributed by atoms with Gasteiger partial charge in [0.1, 0.15) is 11.6 Å². The maximum atomic E-state index is 15.2. The highest BCUT2D eigenvalue weighted by Crippen LogP contribution is 2.49. The molecule has 2 aromatic carbocycles. The Bertz CT molecular complexity index is 1350. The monoisotopic (exact) mass is 461 g/mol. The molecule has 0 radical (unpaired) electrons. The van der Waals surface area contributed by atoms with Crippen molar-refractivity contribution < 1.29 is 26.7 Å². The van der Waals surface area contributed by atoms with Crippen LogP contribution in [0.5, 0.6) is 0 Å². The van der Waals surface area contributed by atoms with Gasteiger partial charge in [-0.2, -0.15) is 18.3 Å². The molecule has 2 atom stereocenters. The van der Waals surface area contributed by atoms with Gasteiger partial charge in [-0.05, 0) is 35.9 Å². The first-order valence-electron chi connectivity index (χ1n) is 9.93. The second kappa shape index (κ2) is 7.39. The normalized spacial score (nSPS) is 18.7. The molecule has 11 heteroatoms. The smallest absolute Gasteiger partial charge is 0.345 e. The van der Waals surface area contributed by atoms with Gasteiger partial charge < -0.3 is 9.88 Å². The summed E-state index contributed by atoms with van der Waals surface area (Å²) in [6, 6.07) is 5.20. The van der Waals surface area contributed by atoms with E-state index in [1.54, 1.807) is 19.3 Å². The second-order valence-corrected chi connectivity index (χ2v) is 7.94. The van der Waals surface area contributed by atoms with E-state index in [0.29, 0.717) is 16.6 Å². The zero-order valence-electron chi connectivity index (χ0n) is 17.1. The third kappa shape index (κ3) is 3.62. The highest BCUT2D eigenvalue weighted by Gasteiger charge is 2.54. The molecule has 0 saturated carbocycles. The molecule has 5 rings (SSSR count). The Hall–Kier alpha value is -3.76. The number of amides is 1. The fourth-order valence-corrected chi connectivity index (χ4v) is 4.29. The SMILES string of the molecule is Cn1cc(-c2cc(F)c(C3C(CC(F)(F)F)C(=O)N3c3ccc4[nH]cnc4c3)c(F)c2)cn1.